The van der Waals surface area contributed by atoms with Crippen LogP contribution < -0.4 is 25.4 Å². The molecule has 1 aliphatic rings. The number of morpholine rings is 1. The highest BCUT2D eigenvalue weighted by molar-refractivity contribution is 7.21. The van der Waals surface area contributed by atoms with Gasteiger partial charge in [0.15, 0.2) is 0 Å². The Bertz CT molecular complexity index is 1650. The number of hydrogen-bond acceptors (Lipinski definition) is 10. The molecule has 3 aromatic heterocycles. The van der Waals surface area contributed by atoms with Gasteiger partial charge in [-0.25, -0.2) is 9.98 Å². The Morgan fingerprint density at radius 1 is 1.10 bits per heavy atom. The molecule has 0 radical (unpaired) electrons. The van der Waals surface area contributed by atoms with Gasteiger partial charge in [0.05, 0.1) is 54.5 Å². The van der Waals surface area contributed by atoms with Crippen molar-refractivity contribution >= 4 is 39.0 Å². The van der Waals surface area contributed by atoms with Crippen LogP contribution in [-0.2, 0) is 4.74 Å². The molecule has 4 heterocycles. The fraction of sp³-hybridized carbons (Fsp3) is 0.214. The van der Waals surface area contributed by atoms with Crippen LogP contribution in [0.4, 0.5) is 11.6 Å². The molecule has 0 spiro atoms. The number of anilines is 1. The number of aromatic nitrogens is 3. The van der Waals surface area contributed by atoms with Gasteiger partial charge in [-0.3, -0.25) is 4.52 Å². The number of thiophene rings is 1. The van der Waals surface area contributed by atoms with Crippen LogP contribution in [-0.4, -0.2) is 49.6 Å². The maximum absolute atomic E-state index is 13.3. The van der Waals surface area contributed by atoms with E-state index in [0.717, 1.165) is 39.1 Å². The number of nitrogens with two attached hydrogens (primary N) is 1. The molecule has 0 aliphatic carbocycles. The summed E-state index contributed by atoms with van der Waals surface area (Å²) in [6.07, 6.45) is 1.57. The zero-order chi connectivity index (χ0) is 26.9. The number of methoxy groups -OCH3 is 1. The van der Waals surface area contributed by atoms with Gasteiger partial charge in [-0.2, -0.15) is 0 Å². The number of nitrogens with zero attached hydrogens (tertiary/aromatic N) is 5. The van der Waals surface area contributed by atoms with Crippen LogP contribution in [0.3, 0.4) is 0 Å². The second-order valence-corrected chi connectivity index (χ2v) is 10.1. The zero-order valence-electron chi connectivity index (χ0n) is 21.5. The number of nitrogen functional groups attached to an aromatic ring is 1. The molecule has 2 N–H and O–H groups in total. The summed E-state index contributed by atoms with van der Waals surface area (Å²) in [6.45, 7) is 4.56. The van der Waals surface area contributed by atoms with E-state index < -0.39 is 5.90 Å². The van der Waals surface area contributed by atoms with Gasteiger partial charge in [0.25, 0.3) is 6.20 Å². The van der Waals surface area contributed by atoms with Crippen LogP contribution in [0.15, 0.2) is 70.3 Å². The van der Waals surface area contributed by atoms with E-state index in [9.17, 15) is 5.11 Å². The molecular formula is C28H26N6O4S. The monoisotopic (exact) mass is 542 g/mol. The van der Waals surface area contributed by atoms with Crippen LogP contribution in [0.1, 0.15) is 10.4 Å². The average molecular weight is 543 g/mol. The van der Waals surface area contributed by atoms with Crippen molar-refractivity contribution in [2.24, 2.45) is 4.99 Å². The predicted octanol–water partition coefficient (Wildman–Crippen LogP) is 3.21. The highest BCUT2D eigenvalue weighted by Crippen LogP contribution is 2.41. The van der Waals surface area contributed by atoms with E-state index in [-0.39, 0.29) is 5.88 Å². The van der Waals surface area contributed by atoms with Gasteiger partial charge in [0.1, 0.15) is 10.6 Å². The van der Waals surface area contributed by atoms with Gasteiger partial charge in [-0.05, 0) is 48.4 Å². The summed E-state index contributed by atoms with van der Waals surface area (Å²) < 4.78 is 16.0. The summed E-state index contributed by atoms with van der Waals surface area (Å²) in [5.74, 6) is 0.339. The van der Waals surface area contributed by atoms with E-state index in [0.29, 0.717) is 41.7 Å². The molecule has 0 amide bonds. The van der Waals surface area contributed by atoms with Crippen molar-refractivity contribution in [2.45, 2.75) is 6.92 Å². The Morgan fingerprint density at radius 2 is 1.82 bits per heavy atom. The van der Waals surface area contributed by atoms with Crippen molar-refractivity contribution in [2.75, 3.05) is 44.2 Å². The van der Waals surface area contributed by atoms with Crippen molar-refractivity contribution in [3.63, 3.8) is 0 Å². The van der Waals surface area contributed by atoms with E-state index in [4.69, 9.17) is 24.7 Å². The van der Waals surface area contributed by atoms with Gasteiger partial charge >= 0.3 is 5.88 Å². The summed E-state index contributed by atoms with van der Waals surface area (Å²) in [5.41, 5.74) is 11.7. The number of rotatable bonds is 6. The Balaban J connectivity index is 1.44. The lowest BCUT2D eigenvalue weighted by Crippen LogP contribution is -2.62. The third kappa shape index (κ3) is 4.89. The topological polar surface area (TPSA) is 126 Å². The van der Waals surface area contributed by atoms with Crippen molar-refractivity contribution in [1.82, 2.24) is 10.3 Å². The lowest BCUT2D eigenvalue weighted by atomic mass is 9.98. The number of hydrogen-bond donors (Lipinski definition) is 1. The molecule has 6 rings (SSSR count). The Labute approximate surface area is 228 Å². The fourth-order valence-electron chi connectivity index (χ4n) is 4.47. The number of fused-ring (bicyclic) bond motifs is 1. The number of aryl methyl sites for hydroxylation is 1. The summed E-state index contributed by atoms with van der Waals surface area (Å²) >= 11 is 1.21. The third-order valence-electron chi connectivity index (χ3n) is 6.57. The molecule has 0 bridgehead atoms. The van der Waals surface area contributed by atoms with E-state index in [2.05, 4.69) is 10.3 Å². The van der Waals surface area contributed by atoms with Crippen LogP contribution in [0.5, 0.6) is 5.75 Å². The second-order valence-electron chi connectivity index (χ2n) is 9.12. The molecule has 1 saturated heterocycles. The smallest absolute Gasteiger partial charge is 0.324 e. The molecule has 1 aliphatic heterocycles. The fourth-order valence-corrected chi connectivity index (χ4v) is 5.48. The van der Waals surface area contributed by atoms with Gasteiger partial charge in [0.2, 0.25) is 5.27 Å². The first-order chi connectivity index (χ1) is 19.0. The molecule has 0 saturated carbocycles. The lowest BCUT2D eigenvalue weighted by molar-refractivity contribution is -0.759. The summed E-state index contributed by atoms with van der Waals surface area (Å²) in [7, 11) is 1.63. The van der Waals surface area contributed by atoms with Crippen molar-refractivity contribution in [3.8, 4) is 28.1 Å². The van der Waals surface area contributed by atoms with Crippen LogP contribution >= 0.6 is 11.3 Å². The largest absolute Gasteiger partial charge is 0.857 e. The summed E-state index contributed by atoms with van der Waals surface area (Å²) in [5, 5.41) is 20.0. The Kier molecular flexibility index (Phi) is 6.59. The van der Waals surface area contributed by atoms with Crippen molar-refractivity contribution in [3.05, 3.63) is 71.2 Å². The van der Waals surface area contributed by atoms with Gasteiger partial charge in [-0.1, -0.05) is 29.8 Å². The molecular weight excluding hydrogens is 516 g/mol. The van der Waals surface area contributed by atoms with Crippen LogP contribution in [0, 0.1) is 6.92 Å². The Hall–Kier alpha value is -4.48. The summed E-state index contributed by atoms with van der Waals surface area (Å²) in [6, 6.07) is 17.9. The van der Waals surface area contributed by atoms with Crippen molar-refractivity contribution in [1.29, 1.82) is 0 Å². The summed E-state index contributed by atoms with van der Waals surface area (Å²) in [4.78, 5) is 11.5. The number of pyridine rings is 1. The highest BCUT2D eigenvalue weighted by atomic mass is 32.1. The Morgan fingerprint density at radius 3 is 2.54 bits per heavy atom. The molecule has 0 unspecified atom stereocenters. The number of ether oxygens (including phenoxy) is 2. The number of benzene rings is 2. The molecule has 11 heteroatoms. The van der Waals surface area contributed by atoms with Gasteiger partial charge < -0.3 is 20.3 Å². The van der Waals surface area contributed by atoms with Gasteiger partial charge in [0, 0.05) is 16.8 Å². The first-order valence-electron chi connectivity index (χ1n) is 12.4. The molecule has 39 heavy (non-hydrogen) atoms. The normalized spacial score (nSPS) is 14.2. The minimum absolute atomic E-state index is 0.0917. The molecule has 1 fully saturated rings. The molecule has 5 aromatic rings. The van der Waals surface area contributed by atoms with Gasteiger partial charge in [-0.15, -0.1) is 16.3 Å². The van der Waals surface area contributed by atoms with Crippen LogP contribution in [0.25, 0.3) is 32.6 Å². The van der Waals surface area contributed by atoms with Crippen molar-refractivity contribution < 1.29 is 23.9 Å². The molecule has 198 valence electrons. The van der Waals surface area contributed by atoms with E-state index in [1.54, 1.807) is 18.1 Å². The predicted molar refractivity (Wildman–Crippen MR) is 148 cm³/mol. The zero-order valence-corrected chi connectivity index (χ0v) is 22.3. The molecule has 10 nitrogen and oxygen atoms in total. The first-order valence-corrected chi connectivity index (χ1v) is 13.2. The van der Waals surface area contributed by atoms with E-state index in [1.807, 2.05) is 66.5 Å². The highest BCUT2D eigenvalue weighted by Gasteiger charge is 2.23. The van der Waals surface area contributed by atoms with E-state index in [1.165, 1.54) is 11.3 Å². The lowest BCUT2D eigenvalue weighted by Gasteiger charge is -2.18. The average Bonchev–Trinajstić information content (AvgIpc) is 3.58. The first kappa shape index (κ1) is 24.8. The third-order valence-corrected chi connectivity index (χ3v) is 7.66. The quantitative estimate of drug-likeness (QED) is 0.197. The van der Waals surface area contributed by atoms with E-state index >= 15 is 0 Å². The minimum atomic E-state index is -0.512. The second kappa shape index (κ2) is 10.4. The standard InChI is InChI=1S/C28H26N6O4S/c1-17-3-5-18(6-4-17)21-15-22(19-7-9-20(36-2)10-8-19)30-28-24(21)25(29)26(39-28)27(35)31-23-16-34(32-38-23)33-11-13-37-14-12-33/h3-10,15-16H,11-14H2,1-2H3,(H2-,29,31,32,35). The minimum Gasteiger partial charge on any atom is -0.857 e. The maximum atomic E-state index is 13.3. The molecule has 2 aromatic carbocycles. The number of aliphatic imine (C=N–C) groups is 1. The maximum Gasteiger partial charge on any atom is 0.324 e. The molecule has 0 atom stereocenters. The SMILES string of the molecule is COc1ccc(-c2cc(-c3ccc(C)cc3)c3c(N)c(/C([O-])=N/c4c[n+](N5CCOCC5)no4)sc3n2)cc1. The van der Waals surface area contributed by atoms with Crippen LogP contribution in [0.2, 0.25) is 0 Å².